The summed E-state index contributed by atoms with van der Waals surface area (Å²) in [6.45, 7) is 6.26. The Kier molecular flexibility index (Phi) is 8.31. The quantitative estimate of drug-likeness (QED) is 0.440. The highest BCUT2D eigenvalue weighted by molar-refractivity contribution is 5.86. The van der Waals surface area contributed by atoms with Gasteiger partial charge < -0.3 is 20.5 Å². The molecule has 3 rings (SSSR count). The van der Waals surface area contributed by atoms with Gasteiger partial charge >= 0.3 is 12.1 Å². The number of ether oxygens (including phenoxy) is 1. The number of unbranched alkanes of at least 4 members (excludes halogenated alkanes) is 2. The lowest BCUT2D eigenvalue weighted by molar-refractivity contribution is -0.137. The third kappa shape index (κ3) is 6.37. The molecule has 1 atom stereocenters. The summed E-state index contributed by atoms with van der Waals surface area (Å²) in [4.78, 5) is 36.1. The Balaban J connectivity index is 1.55. The predicted octanol–water partition coefficient (Wildman–Crippen LogP) is 4.70. The number of fused-ring (bicyclic) bond motifs is 3. The molecule has 0 aliphatic heterocycles. The molecule has 0 spiro atoms. The van der Waals surface area contributed by atoms with E-state index in [1.165, 1.54) is 0 Å². The highest BCUT2D eigenvalue weighted by atomic mass is 16.5. The number of amides is 2. The first kappa shape index (κ1) is 25.3. The Morgan fingerprint density at radius 1 is 0.941 bits per heavy atom. The molecule has 1 aliphatic carbocycles. The summed E-state index contributed by atoms with van der Waals surface area (Å²) in [7, 11) is 0. The van der Waals surface area contributed by atoms with Crippen LogP contribution in [0.25, 0.3) is 11.1 Å². The van der Waals surface area contributed by atoms with Crippen LogP contribution in [0, 0.1) is 5.41 Å². The van der Waals surface area contributed by atoms with Crippen molar-refractivity contribution in [2.45, 2.75) is 58.4 Å². The molecule has 7 nitrogen and oxygen atoms in total. The molecule has 182 valence electrons. The average Bonchev–Trinajstić information content (AvgIpc) is 3.11. The SMILES string of the molecule is CC(C)(C)[C@@H](NC(=O)OCC1c2ccccc2-c2ccccc21)C(=O)NCCCCCC(=O)O. The monoisotopic (exact) mass is 466 g/mol. The lowest BCUT2D eigenvalue weighted by atomic mass is 9.86. The first-order chi connectivity index (χ1) is 16.2. The highest BCUT2D eigenvalue weighted by Gasteiger charge is 2.34. The smallest absolute Gasteiger partial charge is 0.407 e. The van der Waals surface area contributed by atoms with Crippen LogP contribution in [-0.2, 0) is 14.3 Å². The van der Waals surface area contributed by atoms with Crippen LogP contribution in [0.1, 0.15) is 63.5 Å². The Hall–Kier alpha value is -3.35. The van der Waals surface area contributed by atoms with Crippen molar-refractivity contribution in [2.75, 3.05) is 13.2 Å². The van der Waals surface area contributed by atoms with E-state index in [2.05, 4.69) is 34.9 Å². The summed E-state index contributed by atoms with van der Waals surface area (Å²) in [5.41, 5.74) is 4.05. The fourth-order valence-corrected chi connectivity index (χ4v) is 4.32. The van der Waals surface area contributed by atoms with Crippen molar-refractivity contribution in [2.24, 2.45) is 5.41 Å². The zero-order valence-electron chi connectivity index (χ0n) is 20.1. The Bertz CT molecular complexity index is 982. The van der Waals surface area contributed by atoms with Crippen LogP contribution >= 0.6 is 0 Å². The second-order valence-corrected chi connectivity index (χ2v) is 9.76. The fourth-order valence-electron chi connectivity index (χ4n) is 4.32. The van der Waals surface area contributed by atoms with Crippen molar-refractivity contribution in [3.8, 4) is 11.1 Å². The Morgan fingerprint density at radius 2 is 1.53 bits per heavy atom. The van der Waals surface area contributed by atoms with Crippen molar-refractivity contribution in [3.63, 3.8) is 0 Å². The second kappa shape index (κ2) is 11.2. The van der Waals surface area contributed by atoms with E-state index in [9.17, 15) is 14.4 Å². The number of benzene rings is 2. The van der Waals surface area contributed by atoms with E-state index < -0.39 is 23.5 Å². The van der Waals surface area contributed by atoms with Gasteiger partial charge in [0.25, 0.3) is 0 Å². The van der Waals surface area contributed by atoms with Crippen LogP contribution in [0.3, 0.4) is 0 Å². The van der Waals surface area contributed by atoms with Gasteiger partial charge in [-0.15, -0.1) is 0 Å². The normalized spacial score (nSPS) is 13.5. The van der Waals surface area contributed by atoms with Crippen LogP contribution < -0.4 is 10.6 Å². The molecule has 2 aromatic rings. The van der Waals surface area contributed by atoms with Gasteiger partial charge in [-0.1, -0.05) is 75.7 Å². The molecule has 2 amide bonds. The van der Waals surface area contributed by atoms with Gasteiger partial charge in [0, 0.05) is 18.9 Å². The number of carbonyl (C=O) groups is 3. The molecular weight excluding hydrogens is 432 g/mol. The van der Waals surface area contributed by atoms with Gasteiger partial charge in [0.2, 0.25) is 5.91 Å². The number of hydrogen-bond donors (Lipinski definition) is 3. The molecule has 0 unspecified atom stereocenters. The molecule has 0 aromatic heterocycles. The largest absolute Gasteiger partial charge is 0.481 e. The third-order valence-electron chi connectivity index (χ3n) is 6.10. The minimum Gasteiger partial charge on any atom is -0.481 e. The van der Waals surface area contributed by atoms with Crippen LogP contribution in [0.4, 0.5) is 4.79 Å². The summed E-state index contributed by atoms with van der Waals surface area (Å²) in [6.07, 6.45) is 1.47. The number of carbonyl (C=O) groups excluding carboxylic acids is 2. The van der Waals surface area contributed by atoms with Gasteiger partial charge in [-0.25, -0.2) is 4.79 Å². The van der Waals surface area contributed by atoms with Gasteiger partial charge in [0.1, 0.15) is 12.6 Å². The van der Waals surface area contributed by atoms with Gasteiger partial charge in [-0.2, -0.15) is 0 Å². The molecule has 2 aromatic carbocycles. The molecule has 0 saturated heterocycles. The fraction of sp³-hybridized carbons (Fsp3) is 0.444. The Morgan fingerprint density at radius 3 is 2.09 bits per heavy atom. The minimum absolute atomic E-state index is 0.0501. The lowest BCUT2D eigenvalue weighted by Gasteiger charge is -2.30. The summed E-state index contributed by atoms with van der Waals surface area (Å²) in [5.74, 6) is -1.14. The standard InChI is InChI=1S/C27H34N2O5/c1-27(2,3)24(25(32)28-16-10-4-5-15-23(30)31)29-26(33)34-17-22-20-13-8-6-11-18(20)19-12-7-9-14-21(19)22/h6-9,11-14,22,24H,4-5,10,15-17H2,1-3H3,(H,28,32)(H,29,33)(H,30,31)/t24-/m0/s1. The number of carboxylic acids is 1. The number of aliphatic carboxylic acids is 1. The molecular formula is C27H34N2O5. The summed E-state index contributed by atoms with van der Waals surface area (Å²) in [5, 5.41) is 14.3. The lowest BCUT2D eigenvalue weighted by Crippen LogP contribution is -2.53. The van der Waals surface area contributed by atoms with Crippen LogP contribution in [-0.4, -0.2) is 42.3 Å². The van der Waals surface area contributed by atoms with E-state index >= 15 is 0 Å². The zero-order valence-corrected chi connectivity index (χ0v) is 20.1. The molecule has 34 heavy (non-hydrogen) atoms. The van der Waals surface area contributed by atoms with E-state index in [-0.39, 0.29) is 24.9 Å². The zero-order chi connectivity index (χ0) is 24.7. The molecule has 0 fully saturated rings. The van der Waals surface area contributed by atoms with Gasteiger partial charge in [0.15, 0.2) is 0 Å². The van der Waals surface area contributed by atoms with E-state index in [0.717, 1.165) is 22.3 Å². The van der Waals surface area contributed by atoms with Crippen LogP contribution in [0.15, 0.2) is 48.5 Å². The van der Waals surface area contributed by atoms with Crippen molar-refractivity contribution < 1.29 is 24.2 Å². The number of rotatable bonds is 10. The van der Waals surface area contributed by atoms with E-state index in [4.69, 9.17) is 9.84 Å². The number of carboxylic acid groups (broad SMARTS) is 1. The highest BCUT2D eigenvalue weighted by Crippen LogP contribution is 2.44. The maximum Gasteiger partial charge on any atom is 0.407 e. The maximum atomic E-state index is 12.8. The average molecular weight is 467 g/mol. The first-order valence-corrected chi connectivity index (χ1v) is 11.8. The maximum absolute atomic E-state index is 12.8. The first-order valence-electron chi connectivity index (χ1n) is 11.8. The summed E-state index contributed by atoms with van der Waals surface area (Å²) in [6, 6.07) is 15.5. The molecule has 0 saturated carbocycles. The number of nitrogens with one attached hydrogen (secondary N) is 2. The minimum atomic E-state index is -0.816. The third-order valence-corrected chi connectivity index (χ3v) is 6.10. The van der Waals surface area contributed by atoms with Crippen LogP contribution in [0.2, 0.25) is 0 Å². The molecule has 1 aliphatic rings. The molecule has 7 heteroatoms. The molecule has 0 bridgehead atoms. The van der Waals surface area contributed by atoms with Gasteiger partial charge in [0.05, 0.1) is 0 Å². The predicted molar refractivity (Wildman–Crippen MR) is 131 cm³/mol. The van der Waals surface area contributed by atoms with Gasteiger partial charge in [-0.05, 0) is 40.5 Å². The van der Waals surface area contributed by atoms with Crippen LogP contribution in [0.5, 0.6) is 0 Å². The topological polar surface area (TPSA) is 105 Å². The molecule has 0 heterocycles. The van der Waals surface area contributed by atoms with E-state index in [1.807, 2.05) is 45.0 Å². The Labute approximate surface area is 200 Å². The van der Waals surface area contributed by atoms with E-state index in [0.29, 0.717) is 25.8 Å². The molecule has 0 radical (unpaired) electrons. The second-order valence-electron chi connectivity index (χ2n) is 9.76. The van der Waals surface area contributed by atoms with Gasteiger partial charge in [-0.3, -0.25) is 9.59 Å². The van der Waals surface area contributed by atoms with Crippen molar-refractivity contribution >= 4 is 18.0 Å². The summed E-state index contributed by atoms with van der Waals surface area (Å²) >= 11 is 0. The number of hydrogen-bond acceptors (Lipinski definition) is 4. The van der Waals surface area contributed by atoms with E-state index in [1.54, 1.807) is 0 Å². The van der Waals surface area contributed by atoms with Crippen molar-refractivity contribution in [3.05, 3.63) is 59.7 Å². The van der Waals surface area contributed by atoms with Crippen molar-refractivity contribution in [1.82, 2.24) is 10.6 Å². The van der Waals surface area contributed by atoms with Crippen molar-refractivity contribution in [1.29, 1.82) is 0 Å². The number of alkyl carbamates (subject to hydrolysis) is 1. The molecule has 3 N–H and O–H groups in total. The summed E-state index contributed by atoms with van der Waals surface area (Å²) < 4.78 is 5.61.